The minimum Gasteiger partial charge on any atom is -0.481 e. The number of hydrogen-bond acceptors (Lipinski definition) is 8. The molecule has 0 aliphatic rings. The van der Waals surface area contributed by atoms with Gasteiger partial charge in [-0.1, -0.05) is 65.7 Å². The Labute approximate surface area is 231 Å². The molecule has 7 N–H and O–H groups in total. The third-order valence-electron chi connectivity index (χ3n) is 6.26. The molecule has 0 aliphatic heterocycles. The zero-order valence-corrected chi connectivity index (χ0v) is 23.6. The van der Waals surface area contributed by atoms with Gasteiger partial charge in [-0.05, 0) is 25.2 Å². The van der Waals surface area contributed by atoms with Crippen molar-refractivity contribution in [3.8, 4) is 0 Å². The number of nitrogens with zero attached hydrogens (tertiary/aromatic N) is 1. The van der Waals surface area contributed by atoms with Gasteiger partial charge in [0.05, 0.1) is 31.0 Å². The van der Waals surface area contributed by atoms with E-state index in [1.54, 1.807) is 13.8 Å². The zero-order valence-electron chi connectivity index (χ0n) is 23.6. The van der Waals surface area contributed by atoms with Crippen LogP contribution < -0.4 is 16.8 Å². The third-order valence-corrected chi connectivity index (χ3v) is 6.26. The maximum atomic E-state index is 13.5. The maximum absolute atomic E-state index is 13.5. The molecule has 12 nitrogen and oxygen atoms in total. The number of aliphatic hydroxyl groups is 1. The number of nitrogens with two attached hydrogens (primary N) is 2. The lowest BCUT2D eigenvalue weighted by molar-refractivity contribution is -0.153. The summed E-state index contributed by atoms with van der Waals surface area (Å²) in [6, 6.07) is -4.24. The van der Waals surface area contributed by atoms with E-state index in [0.29, 0.717) is 17.6 Å². The molecule has 0 fully saturated rings. The van der Waals surface area contributed by atoms with Crippen LogP contribution in [-0.4, -0.2) is 75.2 Å². The minimum atomic E-state index is -1.58. The summed E-state index contributed by atoms with van der Waals surface area (Å²) in [6.45, 7) is 5.68. The summed E-state index contributed by atoms with van der Waals surface area (Å²) < 4.78 is 0. The molecular weight excluding hydrogens is 508 g/mol. The van der Waals surface area contributed by atoms with Gasteiger partial charge in [0.25, 0.3) is 5.91 Å². The van der Waals surface area contributed by atoms with Crippen LogP contribution in [0.5, 0.6) is 0 Å². The van der Waals surface area contributed by atoms with Crippen molar-refractivity contribution in [1.29, 1.82) is 0 Å². The lowest BCUT2D eigenvalue weighted by Gasteiger charge is -2.32. The Morgan fingerprint density at radius 1 is 0.923 bits per heavy atom. The Morgan fingerprint density at radius 3 is 2.03 bits per heavy atom. The highest BCUT2D eigenvalue weighted by Gasteiger charge is 2.38. The highest BCUT2D eigenvalue weighted by molar-refractivity contribution is 6.04. The summed E-state index contributed by atoms with van der Waals surface area (Å²) in [5.41, 5.74) is 11.1. The molecule has 39 heavy (non-hydrogen) atoms. The predicted octanol–water partition coefficient (Wildman–Crippen LogP) is 1.40. The van der Waals surface area contributed by atoms with Gasteiger partial charge in [-0.15, -0.1) is 0 Å². The van der Waals surface area contributed by atoms with Crippen LogP contribution in [0.4, 0.5) is 0 Å². The first kappa shape index (κ1) is 36.1. The Morgan fingerprint density at radius 2 is 1.51 bits per heavy atom. The second kappa shape index (κ2) is 20.1. The van der Waals surface area contributed by atoms with Crippen molar-refractivity contribution in [3.05, 3.63) is 0 Å². The van der Waals surface area contributed by atoms with Crippen molar-refractivity contribution in [2.75, 3.05) is 0 Å². The van der Waals surface area contributed by atoms with E-state index in [-0.39, 0.29) is 25.2 Å². The second-order valence-corrected chi connectivity index (χ2v) is 10.5. The predicted molar refractivity (Wildman–Crippen MR) is 145 cm³/mol. The van der Waals surface area contributed by atoms with Crippen molar-refractivity contribution >= 4 is 35.9 Å². The lowest BCUT2D eigenvalue weighted by Crippen LogP contribution is -2.59. The van der Waals surface area contributed by atoms with Gasteiger partial charge in [0.15, 0.2) is 0 Å². The SMILES string of the molecule is CCCCCCCCCC(O)CC(=O)N[C@@H](CC(N)=O)C(=O)N(C(=O)[C@@H](N)CCC(=O)O)C(C=O)CC(C)C. The molecule has 4 atom stereocenters. The standard InChI is InChI=1S/C27H48N4O8/c1-4-5-6-7-8-9-10-11-20(33)15-24(35)30-22(16-23(29)34)27(39)31(19(17-32)14-18(2)3)26(38)21(28)12-13-25(36)37/h17-22,33H,4-16,28H2,1-3H3,(H2,29,34)(H,30,35)(H,36,37)/t19?,20?,21-,22-/m0/s1. The summed E-state index contributed by atoms with van der Waals surface area (Å²) in [6.07, 6.45) is 5.54. The fourth-order valence-electron chi connectivity index (χ4n) is 4.20. The molecule has 224 valence electrons. The molecule has 0 aromatic rings. The van der Waals surface area contributed by atoms with Crippen LogP contribution in [0.15, 0.2) is 0 Å². The molecule has 0 aliphatic carbocycles. The first-order valence-electron chi connectivity index (χ1n) is 13.9. The molecule has 4 amide bonds. The van der Waals surface area contributed by atoms with Crippen molar-refractivity contribution in [2.24, 2.45) is 17.4 Å². The zero-order chi connectivity index (χ0) is 30.0. The number of rotatable bonds is 22. The van der Waals surface area contributed by atoms with Crippen molar-refractivity contribution in [2.45, 2.75) is 128 Å². The highest BCUT2D eigenvalue weighted by Crippen LogP contribution is 2.16. The summed E-state index contributed by atoms with van der Waals surface area (Å²) >= 11 is 0. The number of hydrogen-bond donors (Lipinski definition) is 5. The fourth-order valence-corrected chi connectivity index (χ4v) is 4.20. The van der Waals surface area contributed by atoms with Crippen LogP contribution >= 0.6 is 0 Å². The number of aliphatic carboxylic acids is 1. The Kier molecular flexibility index (Phi) is 18.6. The molecule has 0 spiro atoms. The number of carbonyl (C=O) groups is 6. The van der Waals surface area contributed by atoms with E-state index in [2.05, 4.69) is 12.2 Å². The first-order chi connectivity index (χ1) is 18.3. The smallest absolute Gasteiger partial charge is 0.303 e. The molecule has 0 aromatic carbocycles. The lowest BCUT2D eigenvalue weighted by atomic mass is 10.00. The van der Waals surface area contributed by atoms with Crippen LogP contribution in [0, 0.1) is 5.92 Å². The van der Waals surface area contributed by atoms with Crippen LogP contribution in [0.1, 0.15) is 104 Å². The van der Waals surface area contributed by atoms with E-state index >= 15 is 0 Å². The summed E-state index contributed by atoms with van der Waals surface area (Å²) in [5, 5.41) is 21.6. The highest BCUT2D eigenvalue weighted by atomic mass is 16.4. The average Bonchev–Trinajstić information content (AvgIpc) is 2.84. The van der Waals surface area contributed by atoms with Crippen molar-refractivity contribution in [1.82, 2.24) is 10.2 Å². The monoisotopic (exact) mass is 556 g/mol. The summed E-state index contributed by atoms with van der Waals surface area (Å²) in [7, 11) is 0. The van der Waals surface area contributed by atoms with E-state index in [1.165, 1.54) is 12.8 Å². The molecule has 0 radical (unpaired) electrons. The normalized spacial score (nSPS) is 14.2. The van der Waals surface area contributed by atoms with Crippen LogP contribution in [-0.2, 0) is 28.8 Å². The van der Waals surface area contributed by atoms with E-state index < -0.39 is 66.7 Å². The number of nitrogens with one attached hydrogen (secondary N) is 1. The second-order valence-electron chi connectivity index (χ2n) is 10.5. The largest absolute Gasteiger partial charge is 0.481 e. The molecular formula is C27H48N4O8. The molecule has 12 heteroatoms. The van der Waals surface area contributed by atoms with Crippen LogP contribution in [0.3, 0.4) is 0 Å². The molecule has 2 unspecified atom stereocenters. The van der Waals surface area contributed by atoms with E-state index in [4.69, 9.17) is 16.6 Å². The number of imide groups is 1. The topological polar surface area (TPSA) is 210 Å². The van der Waals surface area contributed by atoms with Crippen molar-refractivity contribution < 1.29 is 39.0 Å². The van der Waals surface area contributed by atoms with Crippen molar-refractivity contribution in [3.63, 3.8) is 0 Å². The number of carboxylic acids is 1. The Balaban J connectivity index is 5.51. The van der Waals surface area contributed by atoms with E-state index in [1.807, 2.05) is 0 Å². The molecule has 0 heterocycles. The molecule has 0 rings (SSSR count). The van der Waals surface area contributed by atoms with Gasteiger partial charge < -0.3 is 31.8 Å². The quantitative estimate of drug-likeness (QED) is 0.0962. The maximum Gasteiger partial charge on any atom is 0.303 e. The van der Waals surface area contributed by atoms with Crippen LogP contribution in [0.2, 0.25) is 0 Å². The fraction of sp³-hybridized carbons (Fsp3) is 0.778. The molecule has 0 aromatic heterocycles. The minimum absolute atomic E-state index is 0.0844. The number of unbranched alkanes of at least 4 members (excludes halogenated alkanes) is 6. The summed E-state index contributed by atoms with van der Waals surface area (Å²) in [4.78, 5) is 74.4. The molecule has 0 bridgehead atoms. The summed E-state index contributed by atoms with van der Waals surface area (Å²) in [5.74, 6) is -5.03. The van der Waals surface area contributed by atoms with Gasteiger partial charge in [0.2, 0.25) is 17.7 Å². The van der Waals surface area contributed by atoms with Gasteiger partial charge in [-0.2, -0.15) is 0 Å². The van der Waals surface area contributed by atoms with E-state index in [9.17, 15) is 33.9 Å². The first-order valence-corrected chi connectivity index (χ1v) is 13.9. The van der Waals surface area contributed by atoms with E-state index in [0.717, 1.165) is 32.1 Å². The third kappa shape index (κ3) is 16.0. The average molecular weight is 557 g/mol. The van der Waals surface area contributed by atoms with Gasteiger partial charge in [0.1, 0.15) is 12.3 Å². The van der Waals surface area contributed by atoms with Gasteiger partial charge in [-0.25, -0.2) is 0 Å². The Bertz CT molecular complexity index is 805. The Hall–Kier alpha value is -2.86. The van der Waals surface area contributed by atoms with Gasteiger partial charge >= 0.3 is 5.97 Å². The number of carbonyl (C=O) groups excluding carboxylic acids is 5. The number of amides is 4. The van der Waals surface area contributed by atoms with Gasteiger partial charge in [-0.3, -0.25) is 28.9 Å². The number of primary amides is 1. The molecule has 0 saturated carbocycles. The number of carboxylic acid groups (broad SMARTS) is 1. The van der Waals surface area contributed by atoms with Gasteiger partial charge in [0, 0.05) is 6.42 Å². The number of aldehydes is 1. The van der Waals surface area contributed by atoms with Crippen LogP contribution in [0.25, 0.3) is 0 Å². The molecule has 0 saturated heterocycles. The number of aliphatic hydroxyl groups excluding tert-OH is 1.